The van der Waals surface area contributed by atoms with Crippen molar-refractivity contribution in [1.29, 1.82) is 0 Å². The lowest BCUT2D eigenvalue weighted by Crippen LogP contribution is -2.20. The maximum absolute atomic E-state index is 12.4. The molecule has 2 aromatic carbocycles. The molecule has 31 heavy (non-hydrogen) atoms. The van der Waals surface area contributed by atoms with Gasteiger partial charge in [-0.1, -0.05) is 30.3 Å². The number of carbonyl (C=O) groups excluding carboxylic acids is 2. The van der Waals surface area contributed by atoms with E-state index < -0.39 is 5.97 Å². The topological polar surface area (TPSA) is 76.7 Å². The third-order valence-corrected chi connectivity index (χ3v) is 5.47. The zero-order valence-corrected chi connectivity index (χ0v) is 18.8. The summed E-state index contributed by atoms with van der Waals surface area (Å²) in [6.45, 7) is 4.13. The van der Waals surface area contributed by atoms with E-state index in [1.165, 1.54) is 11.3 Å². The molecule has 0 aliphatic carbocycles. The lowest BCUT2D eigenvalue weighted by molar-refractivity contribution is 0.0517. The molecule has 8 heteroatoms. The Kier molecular flexibility index (Phi) is 7.75. The standard InChI is InChI=1S/C23H22N2O4S2/c1-3-28-21(26)16-10-12-17(13-11-16)24-23(30)25-20-18(22(27)29-4-2)14-19(31-20)15-8-6-5-7-9-15/h5-14H,3-4H2,1-2H3,(H2,24,25,30). The van der Waals surface area contributed by atoms with E-state index >= 15 is 0 Å². The van der Waals surface area contributed by atoms with Crippen LogP contribution in [-0.2, 0) is 9.47 Å². The molecule has 6 nitrogen and oxygen atoms in total. The Morgan fingerprint density at radius 2 is 1.55 bits per heavy atom. The quantitative estimate of drug-likeness (QED) is 0.357. The number of esters is 2. The van der Waals surface area contributed by atoms with Crippen LogP contribution in [0.2, 0.25) is 0 Å². The zero-order valence-electron chi connectivity index (χ0n) is 17.1. The second-order valence-electron chi connectivity index (χ2n) is 6.32. The van der Waals surface area contributed by atoms with E-state index in [2.05, 4.69) is 10.6 Å². The highest BCUT2D eigenvalue weighted by atomic mass is 32.1. The van der Waals surface area contributed by atoms with Crippen molar-refractivity contribution in [2.24, 2.45) is 0 Å². The molecule has 3 aromatic rings. The summed E-state index contributed by atoms with van der Waals surface area (Å²) in [5, 5.41) is 7.06. The van der Waals surface area contributed by atoms with Gasteiger partial charge >= 0.3 is 11.9 Å². The number of carbonyl (C=O) groups is 2. The molecule has 2 N–H and O–H groups in total. The summed E-state index contributed by atoms with van der Waals surface area (Å²) in [7, 11) is 0. The maximum atomic E-state index is 12.4. The van der Waals surface area contributed by atoms with E-state index in [9.17, 15) is 9.59 Å². The number of thiophene rings is 1. The van der Waals surface area contributed by atoms with Crippen LogP contribution in [0.4, 0.5) is 10.7 Å². The summed E-state index contributed by atoms with van der Waals surface area (Å²) < 4.78 is 10.2. The average Bonchev–Trinajstić information content (AvgIpc) is 3.19. The third kappa shape index (κ3) is 5.90. The van der Waals surface area contributed by atoms with Crippen LogP contribution in [0.25, 0.3) is 10.4 Å². The minimum absolute atomic E-state index is 0.282. The van der Waals surface area contributed by atoms with Gasteiger partial charge in [-0.15, -0.1) is 11.3 Å². The summed E-state index contributed by atoms with van der Waals surface area (Å²) in [5.41, 5.74) is 2.58. The molecule has 0 unspecified atom stereocenters. The first-order chi connectivity index (χ1) is 15.0. The summed E-state index contributed by atoms with van der Waals surface area (Å²) in [6, 6.07) is 18.4. The molecule has 160 valence electrons. The maximum Gasteiger partial charge on any atom is 0.341 e. The molecule has 0 fully saturated rings. The Morgan fingerprint density at radius 1 is 0.903 bits per heavy atom. The van der Waals surface area contributed by atoms with E-state index in [1.54, 1.807) is 44.2 Å². The lowest BCUT2D eigenvalue weighted by Gasteiger charge is -2.11. The zero-order chi connectivity index (χ0) is 22.2. The monoisotopic (exact) mass is 454 g/mol. The molecule has 0 amide bonds. The number of anilines is 2. The smallest absolute Gasteiger partial charge is 0.341 e. The van der Waals surface area contributed by atoms with E-state index in [0.717, 1.165) is 10.4 Å². The summed E-state index contributed by atoms with van der Waals surface area (Å²) in [5.74, 6) is -0.786. The Morgan fingerprint density at radius 3 is 2.19 bits per heavy atom. The van der Waals surface area contributed by atoms with E-state index in [0.29, 0.717) is 33.5 Å². The number of rotatable bonds is 7. The molecule has 3 rings (SSSR count). The highest BCUT2D eigenvalue weighted by Gasteiger charge is 2.19. The fourth-order valence-corrected chi connectivity index (χ4v) is 4.10. The Balaban J connectivity index is 1.76. The first-order valence-electron chi connectivity index (χ1n) is 9.73. The normalized spacial score (nSPS) is 10.3. The van der Waals surface area contributed by atoms with Gasteiger partial charge in [0.1, 0.15) is 5.00 Å². The minimum Gasteiger partial charge on any atom is -0.462 e. The van der Waals surface area contributed by atoms with Crippen LogP contribution in [0.5, 0.6) is 0 Å². The molecular formula is C23H22N2O4S2. The first-order valence-corrected chi connectivity index (χ1v) is 11.0. The molecule has 0 aliphatic heterocycles. The van der Waals surface area contributed by atoms with Gasteiger partial charge in [-0.3, -0.25) is 0 Å². The van der Waals surface area contributed by atoms with Crippen molar-refractivity contribution in [3.05, 3.63) is 71.8 Å². The Labute approximate surface area is 190 Å². The van der Waals surface area contributed by atoms with Crippen molar-refractivity contribution in [3.63, 3.8) is 0 Å². The van der Waals surface area contributed by atoms with Crippen LogP contribution in [0.3, 0.4) is 0 Å². The van der Waals surface area contributed by atoms with Gasteiger partial charge in [0.25, 0.3) is 0 Å². The van der Waals surface area contributed by atoms with E-state index in [4.69, 9.17) is 21.7 Å². The number of hydrogen-bond donors (Lipinski definition) is 2. The fourth-order valence-electron chi connectivity index (χ4n) is 2.76. The molecule has 0 bridgehead atoms. The van der Waals surface area contributed by atoms with Crippen molar-refractivity contribution in [2.75, 3.05) is 23.8 Å². The molecular weight excluding hydrogens is 432 g/mol. The van der Waals surface area contributed by atoms with Crippen LogP contribution in [0.15, 0.2) is 60.7 Å². The van der Waals surface area contributed by atoms with Crippen LogP contribution in [0.1, 0.15) is 34.6 Å². The van der Waals surface area contributed by atoms with Crippen molar-refractivity contribution >= 4 is 51.3 Å². The van der Waals surface area contributed by atoms with Crippen molar-refractivity contribution in [1.82, 2.24) is 0 Å². The highest BCUT2D eigenvalue weighted by molar-refractivity contribution is 7.80. The van der Waals surface area contributed by atoms with Gasteiger partial charge < -0.3 is 20.1 Å². The molecule has 1 aromatic heterocycles. The molecule has 0 saturated heterocycles. The number of hydrogen-bond acceptors (Lipinski definition) is 6. The van der Waals surface area contributed by atoms with Gasteiger partial charge in [0.05, 0.1) is 24.3 Å². The number of benzene rings is 2. The molecule has 0 radical (unpaired) electrons. The number of ether oxygens (including phenoxy) is 2. The molecule has 0 aliphatic rings. The molecule has 1 heterocycles. The average molecular weight is 455 g/mol. The van der Waals surface area contributed by atoms with Gasteiger partial charge in [0.2, 0.25) is 0 Å². The van der Waals surface area contributed by atoms with Crippen LogP contribution >= 0.6 is 23.6 Å². The molecule has 0 spiro atoms. The van der Waals surface area contributed by atoms with Gasteiger partial charge in [-0.25, -0.2) is 9.59 Å². The second-order valence-corrected chi connectivity index (χ2v) is 7.78. The number of nitrogens with one attached hydrogen (secondary N) is 2. The van der Waals surface area contributed by atoms with Gasteiger partial charge in [0, 0.05) is 10.6 Å². The van der Waals surface area contributed by atoms with Crippen molar-refractivity contribution in [3.8, 4) is 10.4 Å². The lowest BCUT2D eigenvalue weighted by atomic mass is 10.1. The molecule has 0 saturated carbocycles. The first kappa shape index (κ1) is 22.5. The van der Waals surface area contributed by atoms with Crippen molar-refractivity contribution < 1.29 is 19.1 Å². The summed E-state index contributed by atoms with van der Waals surface area (Å²) >= 11 is 6.84. The van der Waals surface area contributed by atoms with Crippen molar-refractivity contribution in [2.45, 2.75) is 13.8 Å². The van der Waals surface area contributed by atoms with Gasteiger partial charge in [-0.2, -0.15) is 0 Å². The predicted octanol–water partition coefficient (Wildman–Crippen LogP) is 5.58. The summed E-state index contributed by atoms with van der Waals surface area (Å²) in [4.78, 5) is 25.1. The third-order valence-electron chi connectivity index (χ3n) is 4.17. The van der Waals surface area contributed by atoms with Gasteiger partial charge in [-0.05, 0) is 62.0 Å². The summed E-state index contributed by atoms with van der Waals surface area (Å²) in [6.07, 6.45) is 0. The van der Waals surface area contributed by atoms with E-state index in [-0.39, 0.29) is 12.6 Å². The van der Waals surface area contributed by atoms with Crippen LogP contribution < -0.4 is 10.6 Å². The largest absolute Gasteiger partial charge is 0.462 e. The second kappa shape index (κ2) is 10.7. The SMILES string of the molecule is CCOC(=O)c1ccc(NC(=S)Nc2sc(-c3ccccc3)cc2C(=O)OCC)cc1. The Hall–Kier alpha value is -3.23. The number of thiocarbonyl (C=S) groups is 1. The van der Waals surface area contributed by atoms with Gasteiger partial charge in [0.15, 0.2) is 5.11 Å². The predicted molar refractivity (Wildman–Crippen MR) is 128 cm³/mol. The highest BCUT2D eigenvalue weighted by Crippen LogP contribution is 2.36. The minimum atomic E-state index is -0.412. The van der Waals surface area contributed by atoms with Crippen LogP contribution in [-0.4, -0.2) is 30.3 Å². The Bertz CT molecular complexity index is 1060. The fraction of sp³-hybridized carbons (Fsp3) is 0.174. The van der Waals surface area contributed by atoms with E-state index in [1.807, 2.05) is 30.3 Å². The van der Waals surface area contributed by atoms with Crippen LogP contribution in [0, 0.1) is 0 Å². The molecule has 0 atom stereocenters.